The molecule has 0 aliphatic heterocycles. The molecule has 0 saturated carbocycles. The van der Waals surface area contributed by atoms with Crippen molar-refractivity contribution in [2.75, 3.05) is 53.6 Å². The van der Waals surface area contributed by atoms with Crippen molar-refractivity contribution in [1.29, 1.82) is 0 Å². The Morgan fingerprint density at radius 2 is 0.942 bits per heavy atom. The van der Waals surface area contributed by atoms with Crippen LogP contribution < -0.4 is 39.9 Å². The van der Waals surface area contributed by atoms with Crippen molar-refractivity contribution in [3.63, 3.8) is 0 Å². The molecule has 0 aliphatic carbocycles. The van der Waals surface area contributed by atoms with Gasteiger partial charge in [0.2, 0.25) is 20.0 Å². The third-order valence-electron chi connectivity index (χ3n) is 7.69. The van der Waals surface area contributed by atoms with Gasteiger partial charge in [0, 0.05) is 26.2 Å². The molecule has 0 fully saturated rings. The number of rotatable bonds is 18. The highest BCUT2D eigenvalue weighted by molar-refractivity contribution is 7.89. The number of aliphatic hydroxyl groups is 2. The van der Waals surface area contributed by atoms with Gasteiger partial charge >= 0.3 is 0 Å². The smallest absolute Gasteiger partial charge is 0.238 e. The number of aryl methyl sites for hydroxylation is 2. The van der Waals surface area contributed by atoms with E-state index in [1.54, 1.807) is 52.3 Å². The van der Waals surface area contributed by atoms with Crippen LogP contribution in [0.2, 0.25) is 0 Å². The van der Waals surface area contributed by atoms with Gasteiger partial charge in [0.15, 0.2) is 23.0 Å². The Labute approximate surface area is 305 Å². The number of nitrogens with two attached hydrogens (primary N) is 2. The number of sulfonamides is 2. The van der Waals surface area contributed by atoms with Crippen LogP contribution in [0.4, 0.5) is 0 Å². The van der Waals surface area contributed by atoms with E-state index < -0.39 is 32.3 Å². The number of ether oxygens (including phenoxy) is 4. The first-order valence-electron chi connectivity index (χ1n) is 16.2. The molecule has 4 rings (SSSR count). The Bertz CT molecular complexity index is 1820. The molecule has 284 valence electrons. The average Bonchev–Trinajstić information content (AvgIpc) is 3.11. The predicted molar refractivity (Wildman–Crippen MR) is 198 cm³/mol. The maximum Gasteiger partial charge on any atom is 0.238 e. The van der Waals surface area contributed by atoms with Crippen LogP contribution in [0.25, 0.3) is 0 Å². The fraction of sp³-hybridized carbons (Fsp3) is 0.333. The Morgan fingerprint density at radius 1 is 0.596 bits per heavy atom. The summed E-state index contributed by atoms with van der Waals surface area (Å²) < 4.78 is 67.9. The van der Waals surface area contributed by atoms with Crippen LogP contribution >= 0.6 is 0 Å². The van der Waals surface area contributed by atoms with E-state index in [1.165, 1.54) is 12.1 Å². The standard InChI is InChI=1S/2C18H24N2O5S/c2*1-13-7-8-14(11-18(13)26(19,22)23)15(21)12-20-9-10-25-17-6-4-3-5-16(17)24-2/h2*3-8,11,15,20-21H,9-10,12H2,1-2H3,(H2,19,22,23). The normalized spacial score (nSPS) is 12.6. The fourth-order valence-corrected chi connectivity index (χ4v) is 6.55. The van der Waals surface area contributed by atoms with Gasteiger partial charge in [-0.1, -0.05) is 48.5 Å². The van der Waals surface area contributed by atoms with Crippen LogP contribution in [0.1, 0.15) is 34.5 Å². The summed E-state index contributed by atoms with van der Waals surface area (Å²) in [6.45, 7) is 5.61. The molecule has 0 heterocycles. The number of methoxy groups -OCH3 is 2. The fourth-order valence-electron chi connectivity index (χ4n) is 4.92. The van der Waals surface area contributed by atoms with Gasteiger partial charge < -0.3 is 39.8 Å². The minimum atomic E-state index is -3.82. The van der Waals surface area contributed by atoms with E-state index in [0.717, 1.165) is 0 Å². The minimum Gasteiger partial charge on any atom is -0.493 e. The van der Waals surface area contributed by atoms with Crippen LogP contribution in [-0.4, -0.2) is 80.7 Å². The highest BCUT2D eigenvalue weighted by atomic mass is 32.2. The summed E-state index contributed by atoms with van der Waals surface area (Å²) in [6.07, 6.45) is -1.72. The van der Waals surface area contributed by atoms with Crippen molar-refractivity contribution in [1.82, 2.24) is 10.6 Å². The molecule has 0 amide bonds. The number of para-hydroxylation sites is 4. The summed E-state index contributed by atoms with van der Waals surface area (Å²) in [6, 6.07) is 24.1. The zero-order chi connectivity index (χ0) is 38.3. The highest BCUT2D eigenvalue weighted by Crippen LogP contribution is 2.27. The van der Waals surface area contributed by atoms with E-state index in [9.17, 15) is 27.0 Å². The summed E-state index contributed by atoms with van der Waals surface area (Å²) in [7, 11) is -4.48. The monoisotopic (exact) mass is 760 g/mol. The van der Waals surface area contributed by atoms with Gasteiger partial charge in [-0.2, -0.15) is 0 Å². The second kappa shape index (κ2) is 20.1. The van der Waals surface area contributed by atoms with Crippen LogP contribution in [0, 0.1) is 13.8 Å². The van der Waals surface area contributed by atoms with E-state index >= 15 is 0 Å². The maximum absolute atomic E-state index is 11.6. The van der Waals surface area contributed by atoms with Crippen molar-refractivity contribution in [3.8, 4) is 23.0 Å². The van der Waals surface area contributed by atoms with Gasteiger partial charge in [0.25, 0.3) is 0 Å². The van der Waals surface area contributed by atoms with Gasteiger partial charge in [-0.3, -0.25) is 0 Å². The summed E-state index contributed by atoms with van der Waals surface area (Å²) in [5.41, 5.74) is 2.05. The second-order valence-corrected chi connectivity index (χ2v) is 14.6. The Kier molecular flexibility index (Phi) is 16.3. The van der Waals surface area contributed by atoms with Crippen LogP contribution in [0.3, 0.4) is 0 Å². The topological polar surface area (TPSA) is 222 Å². The molecule has 0 aromatic heterocycles. The molecular formula is C36H48N4O10S2. The molecule has 4 aromatic rings. The first-order valence-corrected chi connectivity index (χ1v) is 19.3. The lowest BCUT2D eigenvalue weighted by Gasteiger charge is -2.15. The number of benzene rings is 4. The van der Waals surface area contributed by atoms with Crippen molar-refractivity contribution >= 4 is 20.0 Å². The largest absolute Gasteiger partial charge is 0.493 e. The van der Waals surface area contributed by atoms with Gasteiger partial charge in [-0.15, -0.1) is 0 Å². The third kappa shape index (κ3) is 13.1. The lowest BCUT2D eigenvalue weighted by molar-refractivity contribution is 0.171. The molecule has 0 saturated heterocycles. The molecule has 52 heavy (non-hydrogen) atoms. The van der Waals surface area contributed by atoms with E-state index in [0.29, 0.717) is 71.6 Å². The van der Waals surface area contributed by atoms with Gasteiger partial charge in [0.1, 0.15) is 13.2 Å². The molecule has 4 aromatic carbocycles. The van der Waals surface area contributed by atoms with E-state index in [1.807, 2.05) is 48.5 Å². The molecule has 0 spiro atoms. The highest BCUT2D eigenvalue weighted by Gasteiger charge is 2.17. The van der Waals surface area contributed by atoms with Gasteiger partial charge in [-0.05, 0) is 72.5 Å². The van der Waals surface area contributed by atoms with Crippen molar-refractivity contribution in [3.05, 3.63) is 107 Å². The van der Waals surface area contributed by atoms with Gasteiger partial charge in [0.05, 0.1) is 36.2 Å². The summed E-state index contributed by atoms with van der Waals surface area (Å²) in [5, 5.41) is 37.0. The molecule has 0 radical (unpaired) electrons. The zero-order valence-electron chi connectivity index (χ0n) is 29.6. The second-order valence-electron chi connectivity index (χ2n) is 11.6. The number of aliphatic hydroxyl groups excluding tert-OH is 2. The first-order chi connectivity index (χ1) is 24.6. The summed E-state index contributed by atoms with van der Waals surface area (Å²) in [4.78, 5) is 0.0436. The molecule has 14 nitrogen and oxygen atoms in total. The average molecular weight is 761 g/mol. The minimum absolute atomic E-state index is 0.0218. The first kappa shape index (κ1) is 42.2. The Balaban J connectivity index is 0.000000280. The quantitative estimate of drug-likeness (QED) is 0.0807. The van der Waals surface area contributed by atoms with E-state index in [2.05, 4.69) is 10.6 Å². The lowest BCUT2D eigenvalue weighted by Crippen LogP contribution is -2.26. The van der Waals surface area contributed by atoms with Crippen molar-refractivity contribution in [2.24, 2.45) is 10.3 Å². The number of primary sulfonamides is 2. The third-order valence-corrected chi connectivity index (χ3v) is 9.80. The molecular weight excluding hydrogens is 713 g/mol. The number of hydrogen-bond donors (Lipinski definition) is 6. The SMILES string of the molecule is COc1ccccc1OCCNCC(O)c1ccc(C)c(S(N)(=O)=O)c1.COc1ccccc1OCCNCC(O)c1ccc(C)c(S(N)(=O)=O)c1. The van der Waals surface area contributed by atoms with E-state index in [4.69, 9.17) is 29.2 Å². The number of nitrogens with one attached hydrogen (secondary N) is 2. The van der Waals surface area contributed by atoms with Crippen LogP contribution in [0.15, 0.2) is 94.7 Å². The van der Waals surface area contributed by atoms with Crippen molar-refractivity contribution in [2.45, 2.75) is 35.8 Å². The summed E-state index contributed by atoms with van der Waals surface area (Å²) in [5.74, 6) is 2.60. The predicted octanol–water partition coefficient (Wildman–Crippen LogP) is 2.71. The zero-order valence-corrected chi connectivity index (χ0v) is 31.2. The van der Waals surface area contributed by atoms with E-state index in [-0.39, 0.29) is 22.9 Å². The molecule has 0 bridgehead atoms. The molecule has 16 heteroatoms. The van der Waals surface area contributed by atoms with Crippen molar-refractivity contribution < 1.29 is 46.0 Å². The molecule has 2 unspecified atom stereocenters. The summed E-state index contributed by atoms with van der Waals surface area (Å²) >= 11 is 0. The maximum atomic E-state index is 11.6. The van der Waals surface area contributed by atoms with Crippen LogP contribution in [-0.2, 0) is 20.0 Å². The van der Waals surface area contributed by atoms with Crippen LogP contribution in [0.5, 0.6) is 23.0 Å². The van der Waals surface area contributed by atoms with Gasteiger partial charge in [-0.25, -0.2) is 27.1 Å². The molecule has 0 aliphatic rings. The Morgan fingerprint density at radius 3 is 1.27 bits per heavy atom. The molecule has 8 N–H and O–H groups in total. The Hall–Kier alpha value is -4.26. The number of hydrogen-bond acceptors (Lipinski definition) is 12. The lowest BCUT2D eigenvalue weighted by atomic mass is 10.1. The molecule has 2 atom stereocenters.